The van der Waals surface area contributed by atoms with Crippen molar-refractivity contribution in [3.8, 4) is 0 Å². The van der Waals surface area contributed by atoms with Gasteiger partial charge in [0.1, 0.15) is 16.6 Å². The minimum absolute atomic E-state index is 0.303. The van der Waals surface area contributed by atoms with Gasteiger partial charge in [0.15, 0.2) is 0 Å². The van der Waals surface area contributed by atoms with Gasteiger partial charge in [-0.1, -0.05) is 12.2 Å². The third-order valence-corrected chi connectivity index (χ3v) is 3.61. The quantitative estimate of drug-likeness (QED) is 0.819. The number of benzene rings is 1. The first-order chi connectivity index (χ1) is 9.36. The molecule has 2 rings (SSSR count). The van der Waals surface area contributed by atoms with E-state index in [-0.39, 0.29) is 5.82 Å². The molecule has 6 heteroatoms. The van der Waals surface area contributed by atoms with Crippen LogP contribution >= 0.6 is 28.1 Å². The third kappa shape index (κ3) is 3.32. The first-order valence-corrected chi connectivity index (χ1v) is 7.08. The largest absolute Gasteiger partial charge is 0.389 e. The van der Waals surface area contributed by atoms with Crippen LogP contribution < -0.4 is 11.1 Å². The van der Waals surface area contributed by atoms with Crippen molar-refractivity contribution in [2.75, 3.05) is 5.32 Å². The van der Waals surface area contributed by atoms with Crippen LogP contribution in [0.4, 0.5) is 15.9 Å². The number of halogens is 2. The molecule has 20 heavy (non-hydrogen) atoms. The summed E-state index contributed by atoms with van der Waals surface area (Å²) in [6, 6.07) is 6.68. The second-order valence-corrected chi connectivity index (χ2v) is 5.75. The van der Waals surface area contributed by atoms with Gasteiger partial charge in [-0.05, 0) is 59.6 Å². The van der Waals surface area contributed by atoms with E-state index in [9.17, 15) is 4.39 Å². The van der Waals surface area contributed by atoms with Gasteiger partial charge in [-0.25, -0.2) is 9.37 Å². The van der Waals surface area contributed by atoms with Gasteiger partial charge in [0, 0.05) is 16.9 Å². The lowest BCUT2D eigenvalue weighted by molar-refractivity contribution is 0.621. The van der Waals surface area contributed by atoms with Crippen molar-refractivity contribution >= 4 is 44.6 Å². The Labute approximate surface area is 130 Å². The molecular formula is C14H13BrFN3S. The molecule has 0 unspecified atom stereocenters. The van der Waals surface area contributed by atoms with Crippen molar-refractivity contribution in [3.63, 3.8) is 0 Å². The number of hydrogen-bond donors (Lipinski definition) is 2. The molecule has 0 saturated heterocycles. The molecule has 1 heterocycles. The Morgan fingerprint density at radius 3 is 2.65 bits per heavy atom. The van der Waals surface area contributed by atoms with Crippen LogP contribution in [0.5, 0.6) is 0 Å². The molecule has 0 aliphatic heterocycles. The predicted molar refractivity (Wildman–Crippen MR) is 87.0 cm³/mol. The van der Waals surface area contributed by atoms with Crippen LogP contribution in [-0.2, 0) is 0 Å². The van der Waals surface area contributed by atoms with Crippen LogP contribution in [0.2, 0.25) is 0 Å². The van der Waals surface area contributed by atoms with E-state index in [4.69, 9.17) is 18.0 Å². The zero-order chi connectivity index (χ0) is 14.9. The highest BCUT2D eigenvalue weighted by Crippen LogP contribution is 2.26. The number of anilines is 2. The van der Waals surface area contributed by atoms with Crippen molar-refractivity contribution in [2.45, 2.75) is 13.8 Å². The maximum Gasteiger partial charge on any atom is 0.139 e. The van der Waals surface area contributed by atoms with E-state index in [1.54, 1.807) is 12.1 Å². The zero-order valence-electron chi connectivity index (χ0n) is 11.0. The molecular weight excluding hydrogens is 341 g/mol. The fourth-order valence-corrected chi connectivity index (χ4v) is 2.37. The molecule has 3 nitrogen and oxygen atoms in total. The van der Waals surface area contributed by atoms with Crippen LogP contribution in [0.15, 0.2) is 28.7 Å². The van der Waals surface area contributed by atoms with Crippen LogP contribution in [0, 0.1) is 19.7 Å². The monoisotopic (exact) mass is 353 g/mol. The van der Waals surface area contributed by atoms with Crippen molar-refractivity contribution in [3.05, 3.63) is 51.4 Å². The molecule has 0 aliphatic carbocycles. The molecule has 104 valence electrons. The summed E-state index contributed by atoms with van der Waals surface area (Å²) in [5, 5.41) is 3.09. The summed E-state index contributed by atoms with van der Waals surface area (Å²) in [5.41, 5.74) is 8.69. The minimum atomic E-state index is -0.333. The van der Waals surface area contributed by atoms with E-state index in [1.807, 2.05) is 19.9 Å². The second-order valence-electron chi connectivity index (χ2n) is 4.45. The van der Waals surface area contributed by atoms with Crippen LogP contribution in [0.25, 0.3) is 0 Å². The van der Waals surface area contributed by atoms with Gasteiger partial charge < -0.3 is 11.1 Å². The Balaban J connectivity index is 2.40. The van der Waals surface area contributed by atoms with E-state index in [1.165, 1.54) is 6.07 Å². The van der Waals surface area contributed by atoms with Gasteiger partial charge in [-0.15, -0.1) is 0 Å². The van der Waals surface area contributed by atoms with Crippen molar-refractivity contribution < 1.29 is 4.39 Å². The third-order valence-electron chi connectivity index (χ3n) is 2.77. The summed E-state index contributed by atoms with van der Waals surface area (Å²) in [5.74, 6) is 0.248. The molecule has 0 aliphatic rings. The summed E-state index contributed by atoms with van der Waals surface area (Å²) in [7, 11) is 0. The summed E-state index contributed by atoms with van der Waals surface area (Å²) < 4.78 is 14.0. The molecule has 0 saturated carbocycles. The number of rotatable bonds is 3. The molecule has 0 fully saturated rings. The topological polar surface area (TPSA) is 50.9 Å². The summed E-state index contributed by atoms with van der Waals surface area (Å²) >= 11 is 8.12. The molecule has 0 bridgehead atoms. The van der Waals surface area contributed by atoms with Gasteiger partial charge in [0.05, 0.1) is 4.47 Å². The predicted octanol–water partition coefficient (Wildman–Crippen LogP) is 3.98. The Hall–Kier alpha value is -1.53. The zero-order valence-corrected chi connectivity index (χ0v) is 13.4. The van der Waals surface area contributed by atoms with E-state index >= 15 is 0 Å². The number of aromatic nitrogens is 1. The van der Waals surface area contributed by atoms with Gasteiger partial charge in [0.25, 0.3) is 0 Å². The Bertz CT molecular complexity index is 688. The van der Waals surface area contributed by atoms with Gasteiger partial charge >= 0.3 is 0 Å². The number of nitrogens with two attached hydrogens (primary N) is 1. The van der Waals surface area contributed by atoms with E-state index in [0.29, 0.717) is 21.0 Å². The average Bonchev–Trinajstić information content (AvgIpc) is 2.35. The molecule has 0 radical (unpaired) electrons. The molecule has 1 aromatic heterocycles. The number of nitrogens with one attached hydrogen (secondary N) is 1. The first-order valence-electron chi connectivity index (χ1n) is 5.88. The lowest BCUT2D eigenvalue weighted by Gasteiger charge is -2.11. The smallest absolute Gasteiger partial charge is 0.139 e. The first kappa shape index (κ1) is 14.9. The number of thiocarbonyl (C=S) groups is 1. The highest BCUT2D eigenvalue weighted by atomic mass is 79.9. The lowest BCUT2D eigenvalue weighted by Crippen LogP contribution is -2.11. The van der Waals surface area contributed by atoms with Crippen molar-refractivity contribution in [2.24, 2.45) is 5.73 Å². The second kappa shape index (κ2) is 5.85. The molecule has 0 spiro atoms. The SMILES string of the molecule is Cc1cc(C(N)=S)cc(Nc2cc(F)c(Br)cc2C)n1. The Morgan fingerprint density at radius 2 is 2.00 bits per heavy atom. The number of hydrogen-bond acceptors (Lipinski definition) is 3. The highest BCUT2D eigenvalue weighted by molar-refractivity contribution is 9.10. The lowest BCUT2D eigenvalue weighted by atomic mass is 10.2. The molecule has 0 amide bonds. The number of aryl methyl sites for hydroxylation is 2. The fourth-order valence-electron chi connectivity index (χ4n) is 1.79. The Kier molecular flexibility index (Phi) is 4.35. The number of pyridine rings is 1. The van der Waals surface area contributed by atoms with Crippen LogP contribution in [0.3, 0.4) is 0 Å². The standard InChI is InChI=1S/C14H13BrFN3S/c1-7-3-10(15)11(16)6-12(7)19-13-5-9(14(17)20)4-8(2)18-13/h3-6H,1-2H3,(H2,17,20)(H,18,19). The van der Waals surface area contributed by atoms with E-state index < -0.39 is 0 Å². The van der Waals surface area contributed by atoms with Crippen molar-refractivity contribution in [1.29, 1.82) is 0 Å². The fraction of sp³-hybridized carbons (Fsp3) is 0.143. The van der Waals surface area contributed by atoms with Crippen LogP contribution in [0.1, 0.15) is 16.8 Å². The Morgan fingerprint density at radius 1 is 1.30 bits per heavy atom. The van der Waals surface area contributed by atoms with Crippen LogP contribution in [-0.4, -0.2) is 9.97 Å². The molecule has 2 aromatic rings. The van der Waals surface area contributed by atoms with Gasteiger partial charge in [-0.3, -0.25) is 0 Å². The van der Waals surface area contributed by atoms with E-state index in [2.05, 4.69) is 26.2 Å². The molecule has 3 N–H and O–H groups in total. The van der Waals surface area contributed by atoms with Gasteiger partial charge in [0.2, 0.25) is 0 Å². The number of nitrogens with zero attached hydrogens (tertiary/aromatic N) is 1. The normalized spacial score (nSPS) is 10.4. The average molecular weight is 354 g/mol. The van der Waals surface area contributed by atoms with Crippen molar-refractivity contribution in [1.82, 2.24) is 4.98 Å². The summed E-state index contributed by atoms with van der Waals surface area (Å²) in [6.45, 7) is 3.73. The molecule has 1 aromatic carbocycles. The minimum Gasteiger partial charge on any atom is -0.389 e. The molecule has 0 atom stereocenters. The van der Waals surface area contributed by atoms with Gasteiger partial charge in [-0.2, -0.15) is 0 Å². The van der Waals surface area contributed by atoms with E-state index in [0.717, 1.165) is 16.8 Å². The summed E-state index contributed by atoms with van der Waals surface area (Å²) in [6.07, 6.45) is 0. The summed E-state index contributed by atoms with van der Waals surface area (Å²) in [4.78, 5) is 4.65. The maximum atomic E-state index is 13.6. The highest BCUT2D eigenvalue weighted by Gasteiger charge is 2.08. The maximum absolute atomic E-state index is 13.6.